The zero-order valence-corrected chi connectivity index (χ0v) is 14.6. The molecule has 0 aliphatic rings. The summed E-state index contributed by atoms with van der Waals surface area (Å²) in [5.41, 5.74) is 12.9. The second kappa shape index (κ2) is 7.14. The number of aromatic nitrogens is 3. The molecule has 0 aliphatic heterocycles. The number of benzene rings is 1. The predicted octanol–water partition coefficient (Wildman–Crippen LogP) is 2.39. The fraction of sp³-hybridized carbons (Fsp3) is 0.111. The van der Waals surface area contributed by atoms with Crippen LogP contribution in [-0.4, -0.2) is 20.5 Å². The monoisotopic (exact) mass is 391 g/mol. The molecule has 1 aromatic carbocycles. The van der Waals surface area contributed by atoms with Crippen molar-refractivity contribution in [1.82, 2.24) is 14.1 Å². The van der Waals surface area contributed by atoms with Crippen molar-refractivity contribution in [3.05, 3.63) is 71.2 Å². The number of hydrogen-bond donors (Lipinski definition) is 2. The van der Waals surface area contributed by atoms with Gasteiger partial charge in [0.05, 0.1) is 11.8 Å². The normalized spacial score (nSPS) is 12.8. The average Bonchev–Trinajstić information content (AvgIpc) is 3.02. The van der Waals surface area contributed by atoms with Crippen molar-refractivity contribution in [3.63, 3.8) is 0 Å². The van der Waals surface area contributed by atoms with Crippen LogP contribution in [0.15, 0.2) is 60.1 Å². The summed E-state index contributed by atoms with van der Waals surface area (Å²) in [6.07, 6.45) is 2.43. The van der Waals surface area contributed by atoms with E-state index in [9.17, 15) is 18.0 Å². The van der Waals surface area contributed by atoms with Gasteiger partial charge in [0, 0.05) is 36.3 Å². The van der Waals surface area contributed by atoms with E-state index in [2.05, 4.69) is 9.72 Å². The summed E-state index contributed by atoms with van der Waals surface area (Å²) in [5.74, 6) is -0.392. The van der Waals surface area contributed by atoms with E-state index < -0.39 is 17.7 Å². The number of nitrogens with zero attached hydrogens (tertiary/aromatic N) is 3. The Kier molecular flexibility index (Phi) is 4.87. The largest absolute Gasteiger partial charge is 0.573 e. The number of allylic oxidation sites excluding steroid dienone is 2. The molecule has 0 aliphatic carbocycles. The minimum absolute atomic E-state index is 0.181. The van der Waals surface area contributed by atoms with Gasteiger partial charge in [-0.05, 0) is 36.5 Å². The molecule has 0 radical (unpaired) electrons. The lowest BCUT2D eigenvalue weighted by Gasteiger charge is -2.13. The number of aryl methyl sites for hydroxylation is 1. The molecule has 0 spiro atoms. The highest BCUT2D eigenvalue weighted by atomic mass is 19.4. The highest BCUT2D eigenvalue weighted by Gasteiger charge is 2.31. The van der Waals surface area contributed by atoms with Crippen LogP contribution in [0, 0.1) is 0 Å². The fourth-order valence-corrected chi connectivity index (χ4v) is 2.82. The first-order valence-electron chi connectivity index (χ1n) is 7.98. The van der Waals surface area contributed by atoms with E-state index in [0.717, 1.165) is 12.1 Å². The molecule has 0 fully saturated rings. The van der Waals surface area contributed by atoms with Crippen molar-refractivity contribution in [2.24, 2.45) is 18.5 Å². The van der Waals surface area contributed by atoms with Gasteiger partial charge >= 0.3 is 6.36 Å². The van der Waals surface area contributed by atoms with Gasteiger partial charge in [0.25, 0.3) is 5.56 Å². The number of alkyl halides is 3. The lowest BCUT2D eigenvalue weighted by atomic mass is 10.1. The fourth-order valence-electron chi connectivity index (χ4n) is 2.82. The SMILES string of the molecule is Cn1cnc2c(=O)n(-c3ccc(OC(F)(F)F)cc3)cc(C(/C=C\N)=C/N)c21. The van der Waals surface area contributed by atoms with Crippen molar-refractivity contribution < 1.29 is 17.9 Å². The standard InChI is InChI=1S/C18H16F3N5O2/c1-25-10-24-15-16(25)14(11(8-23)6-7-22)9-26(17(15)27)12-2-4-13(5-3-12)28-18(19,20)21/h2-10H,22-23H2,1H3/b7-6-,11-8+. The summed E-state index contributed by atoms with van der Waals surface area (Å²) in [7, 11) is 1.73. The first kappa shape index (κ1) is 19.1. The van der Waals surface area contributed by atoms with Crippen LogP contribution in [0.2, 0.25) is 0 Å². The van der Waals surface area contributed by atoms with Crippen LogP contribution in [0.25, 0.3) is 22.3 Å². The number of ether oxygens (including phenoxy) is 1. The number of imidazole rings is 1. The third kappa shape index (κ3) is 3.56. The van der Waals surface area contributed by atoms with Crippen LogP contribution in [-0.2, 0) is 7.05 Å². The zero-order chi connectivity index (χ0) is 20.5. The third-order valence-electron chi connectivity index (χ3n) is 3.99. The molecular weight excluding hydrogens is 375 g/mol. The smallest absolute Gasteiger partial charge is 0.406 e. The Hall–Kier alpha value is -3.69. The first-order valence-corrected chi connectivity index (χ1v) is 7.98. The van der Waals surface area contributed by atoms with E-state index in [1.807, 2.05) is 0 Å². The minimum Gasteiger partial charge on any atom is -0.406 e. The van der Waals surface area contributed by atoms with Gasteiger partial charge in [0.15, 0.2) is 5.52 Å². The van der Waals surface area contributed by atoms with Crippen LogP contribution < -0.4 is 21.8 Å². The van der Waals surface area contributed by atoms with Crippen LogP contribution in [0.5, 0.6) is 5.75 Å². The van der Waals surface area contributed by atoms with E-state index in [0.29, 0.717) is 22.3 Å². The van der Waals surface area contributed by atoms with Gasteiger partial charge < -0.3 is 20.8 Å². The Morgan fingerprint density at radius 2 is 1.89 bits per heavy atom. The van der Waals surface area contributed by atoms with E-state index in [4.69, 9.17) is 11.5 Å². The summed E-state index contributed by atoms with van der Waals surface area (Å²) in [5, 5.41) is 0. The summed E-state index contributed by atoms with van der Waals surface area (Å²) in [6.45, 7) is 0. The average molecular weight is 391 g/mol. The minimum atomic E-state index is -4.80. The molecule has 7 nitrogen and oxygen atoms in total. The maximum atomic E-state index is 12.9. The summed E-state index contributed by atoms with van der Waals surface area (Å²) in [4.78, 5) is 17.0. The molecule has 2 aromatic heterocycles. The van der Waals surface area contributed by atoms with Gasteiger partial charge in [-0.1, -0.05) is 0 Å². The van der Waals surface area contributed by atoms with Crippen LogP contribution in [0.1, 0.15) is 5.56 Å². The number of fused-ring (bicyclic) bond motifs is 1. The second-order valence-corrected chi connectivity index (χ2v) is 5.79. The molecule has 0 unspecified atom stereocenters. The van der Waals surface area contributed by atoms with Gasteiger partial charge in [-0.2, -0.15) is 0 Å². The molecular formula is C18H16F3N5O2. The summed E-state index contributed by atoms with van der Waals surface area (Å²) in [6, 6.07) is 4.92. The van der Waals surface area contributed by atoms with E-state index >= 15 is 0 Å². The molecule has 28 heavy (non-hydrogen) atoms. The third-order valence-corrected chi connectivity index (χ3v) is 3.99. The second-order valence-electron chi connectivity index (χ2n) is 5.79. The van der Waals surface area contributed by atoms with Gasteiger partial charge in [-0.15, -0.1) is 13.2 Å². The van der Waals surface area contributed by atoms with Crippen molar-refractivity contribution >= 4 is 16.6 Å². The molecule has 10 heteroatoms. The van der Waals surface area contributed by atoms with Gasteiger partial charge in [-0.3, -0.25) is 9.36 Å². The zero-order valence-electron chi connectivity index (χ0n) is 14.6. The molecule has 0 bridgehead atoms. The highest BCUT2D eigenvalue weighted by molar-refractivity contribution is 5.91. The van der Waals surface area contributed by atoms with Crippen LogP contribution in [0.3, 0.4) is 0 Å². The molecule has 0 saturated heterocycles. The summed E-state index contributed by atoms with van der Waals surface area (Å²) >= 11 is 0. The molecule has 146 valence electrons. The Bertz CT molecular complexity index is 1130. The highest BCUT2D eigenvalue weighted by Crippen LogP contribution is 2.26. The number of hydrogen-bond acceptors (Lipinski definition) is 5. The molecule has 4 N–H and O–H groups in total. The molecule has 2 heterocycles. The Balaban J connectivity index is 2.19. The molecule has 0 saturated carbocycles. The molecule has 3 rings (SSSR count). The van der Waals surface area contributed by atoms with Gasteiger partial charge in [0.1, 0.15) is 5.75 Å². The Morgan fingerprint density at radius 1 is 1.21 bits per heavy atom. The van der Waals surface area contributed by atoms with E-state index in [1.54, 1.807) is 17.7 Å². The van der Waals surface area contributed by atoms with E-state index in [1.165, 1.54) is 41.6 Å². The lowest BCUT2D eigenvalue weighted by Crippen LogP contribution is -2.20. The first-order chi connectivity index (χ1) is 13.2. The summed E-state index contributed by atoms with van der Waals surface area (Å²) < 4.78 is 43.8. The number of halogens is 3. The number of rotatable bonds is 4. The maximum Gasteiger partial charge on any atom is 0.573 e. The van der Waals surface area contributed by atoms with Gasteiger partial charge in [0.2, 0.25) is 0 Å². The van der Waals surface area contributed by atoms with Crippen LogP contribution >= 0.6 is 0 Å². The molecule has 0 atom stereocenters. The Labute approximate surface area is 157 Å². The van der Waals surface area contributed by atoms with Gasteiger partial charge in [-0.25, -0.2) is 4.98 Å². The van der Waals surface area contributed by atoms with Crippen LogP contribution in [0.4, 0.5) is 13.2 Å². The number of nitrogens with two attached hydrogens (primary N) is 2. The van der Waals surface area contributed by atoms with E-state index in [-0.39, 0.29) is 5.52 Å². The molecule has 0 amide bonds. The predicted molar refractivity (Wildman–Crippen MR) is 98.5 cm³/mol. The Morgan fingerprint density at radius 3 is 2.46 bits per heavy atom. The topological polar surface area (TPSA) is 101 Å². The quantitative estimate of drug-likeness (QED) is 0.665. The maximum absolute atomic E-state index is 12.9. The van der Waals surface area contributed by atoms with Crippen molar-refractivity contribution in [3.8, 4) is 11.4 Å². The van der Waals surface area contributed by atoms with Crippen molar-refractivity contribution in [2.75, 3.05) is 0 Å². The van der Waals surface area contributed by atoms with Crippen molar-refractivity contribution in [2.45, 2.75) is 6.36 Å². The van der Waals surface area contributed by atoms with Crippen molar-refractivity contribution in [1.29, 1.82) is 0 Å². The number of pyridine rings is 1. The lowest BCUT2D eigenvalue weighted by molar-refractivity contribution is -0.274. The molecule has 3 aromatic rings.